The number of anilines is 1. The molecular formula is C25H31FN4O2. The van der Waals surface area contributed by atoms with Gasteiger partial charge in [-0.2, -0.15) is 0 Å². The van der Waals surface area contributed by atoms with Gasteiger partial charge in [0.05, 0.1) is 17.6 Å². The van der Waals surface area contributed by atoms with Crippen molar-refractivity contribution in [1.82, 2.24) is 14.9 Å². The van der Waals surface area contributed by atoms with Crippen LogP contribution >= 0.6 is 0 Å². The largest absolute Gasteiger partial charge is 0.392 e. The van der Waals surface area contributed by atoms with Crippen LogP contribution in [0.15, 0.2) is 42.5 Å². The van der Waals surface area contributed by atoms with Crippen molar-refractivity contribution in [3.63, 3.8) is 0 Å². The summed E-state index contributed by atoms with van der Waals surface area (Å²) in [5, 5.41) is 16.2. The molecule has 1 saturated carbocycles. The molecule has 0 bridgehead atoms. The topological polar surface area (TPSA) is 79.2 Å². The van der Waals surface area contributed by atoms with Crippen LogP contribution in [0.2, 0.25) is 0 Å². The van der Waals surface area contributed by atoms with Crippen LogP contribution in [0.3, 0.4) is 0 Å². The Hall–Kier alpha value is -2.77. The van der Waals surface area contributed by atoms with Gasteiger partial charge in [0.15, 0.2) is 0 Å². The number of hydrogen-bond acceptors (Lipinski definition) is 4. The minimum Gasteiger partial charge on any atom is -0.392 e. The van der Waals surface area contributed by atoms with Crippen LogP contribution in [0.5, 0.6) is 0 Å². The van der Waals surface area contributed by atoms with E-state index in [9.17, 15) is 14.3 Å². The normalized spacial score (nSPS) is 18.9. The molecule has 1 aromatic heterocycles. The molecule has 170 valence electrons. The molecule has 4 rings (SSSR count). The Morgan fingerprint density at radius 3 is 2.53 bits per heavy atom. The zero-order chi connectivity index (χ0) is 22.7. The van der Waals surface area contributed by atoms with Crippen LogP contribution in [-0.4, -0.2) is 33.2 Å². The predicted octanol–water partition coefficient (Wildman–Crippen LogP) is 4.65. The van der Waals surface area contributed by atoms with Crippen molar-refractivity contribution in [1.29, 1.82) is 0 Å². The third-order valence-electron chi connectivity index (χ3n) is 6.14. The third-order valence-corrected chi connectivity index (χ3v) is 6.14. The Kier molecular flexibility index (Phi) is 6.86. The lowest BCUT2D eigenvalue weighted by atomic mass is 9.90. The van der Waals surface area contributed by atoms with E-state index in [1.165, 1.54) is 24.3 Å². The predicted molar refractivity (Wildman–Crippen MR) is 124 cm³/mol. The van der Waals surface area contributed by atoms with Crippen molar-refractivity contribution in [2.24, 2.45) is 5.92 Å². The molecule has 6 nitrogen and oxygen atoms in total. The van der Waals surface area contributed by atoms with Crippen molar-refractivity contribution >= 4 is 22.9 Å². The minimum atomic E-state index is -0.381. The second-order valence-corrected chi connectivity index (χ2v) is 9.06. The minimum absolute atomic E-state index is 0.0513. The lowest BCUT2D eigenvalue weighted by molar-refractivity contribution is 0.102. The Morgan fingerprint density at radius 1 is 1.16 bits per heavy atom. The van der Waals surface area contributed by atoms with Crippen LogP contribution in [-0.2, 0) is 6.61 Å². The van der Waals surface area contributed by atoms with E-state index in [0.29, 0.717) is 23.5 Å². The van der Waals surface area contributed by atoms with E-state index in [2.05, 4.69) is 34.0 Å². The van der Waals surface area contributed by atoms with Gasteiger partial charge in [-0.25, -0.2) is 9.37 Å². The van der Waals surface area contributed by atoms with Gasteiger partial charge in [-0.1, -0.05) is 19.9 Å². The summed E-state index contributed by atoms with van der Waals surface area (Å²) in [5.74, 6) is 0.405. The van der Waals surface area contributed by atoms with E-state index < -0.39 is 0 Å². The smallest absolute Gasteiger partial charge is 0.257 e. The SMILES string of the molecule is CC(C)CNC1CCC(n2c(NC(=O)c3ccc(F)cc3)nc3ccc(CO)cc32)CC1. The maximum Gasteiger partial charge on any atom is 0.257 e. The number of nitrogens with zero attached hydrogens (tertiary/aromatic N) is 2. The van der Waals surface area contributed by atoms with Gasteiger partial charge in [0.2, 0.25) is 5.95 Å². The highest BCUT2D eigenvalue weighted by molar-refractivity contribution is 6.04. The number of benzene rings is 2. The van der Waals surface area contributed by atoms with Crippen molar-refractivity contribution < 1.29 is 14.3 Å². The van der Waals surface area contributed by atoms with E-state index >= 15 is 0 Å². The lowest BCUT2D eigenvalue weighted by Gasteiger charge is -2.31. The van der Waals surface area contributed by atoms with E-state index in [1.807, 2.05) is 18.2 Å². The third kappa shape index (κ3) is 5.00. The maximum atomic E-state index is 13.3. The number of hydrogen-bond donors (Lipinski definition) is 3. The molecular weight excluding hydrogens is 407 g/mol. The molecule has 7 heteroatoms. The fourth-order valence-corrected chi connectivity index (χ4v) is 4.41. The number of halogens is 1. The Morgan fingerprint density at radius 2 is 1.88 bits per heavy atom. The van der Waals surface area contributed by atoms with E-state index in [0.717, 1.165) is 48.8 Å². The summed E-state index contributed by atoms with van der Waals surface area (Å²) < 4.78 is 15.4. The summed E-state index contributed by atoms with van der Waals surface area (Å²) in [5.41, 5.74) is 2.87. The fraction of sp³-hybridized carbons (Fsp3) is 0.440. The van der Waals surface area contributed by atoms with Crippen LogP contribution in [0, 0.1) is 11.7 Å². The number of imidazole rings is 1. The van der Waals surface area contributed by atoms with E-state index in [1.54, 1.807) is 0 Å². The van der Waals surface area contributed by atoms with Gasteiger partial charge >= 0.3 is 0 Å². The number of aromatic nitrogens is 2. The van der Waals surface area contributed by atoms with Crippen molar-refractivity contribution in [3.05, 3.63) is 59.4 Å². The first-order valence-corrected chi connectivity index (χ1v) is 11.4. The number of rotatable bonds is 7. The number of carbonyl (C=O) groups excluding carboxylic acids is 1. The molecule has 0 aliphatic heterocycles. The van der Waals surface area contributed by atoms with Crippen LogP contribution in [0.4, 0.5) is 10.3 Å². The molecule has 0 radical (unpaired) electrons. The summed E-state index contributed by atoms with van der Waals surface area (Å²) >= 11 is 0. The molecule has 0 unspecified atom stereocenters. The van der Waals surface area contributed by atoms with Gasteiger partial charge in [-0.3, -0.25) is 10.1 Å². The van der Waals surface area contributed by atoms with Crippen LogP contribution < -0.4 is 10.6 Å². The molecule has 3 aromatic rings. The fourth-order valence-electron chi connectivity index (χ4n) is 4.41. The highest BCUT2D eigenvalue weighted by Crippen LogP contribution is 2.35. The molecule has 1 fully saturated rings. The number of carbonyl (C=O) groups is 1. The van der Waals surface area contributed by atoms with Crippen molar-refractivity contribution in [2.75, 3.05) is 11.9 Å². The van der Waals surface area contributed by atoms with Crippen molar-refractivity contribution in [2.45, 2.75) is 58.2 Å². The second-order valence-electron chi connectivity index (χ2n) is 9.06. The van der Waals surface area contributed by atoms with Crippen molar-refractivity contribution in [3.8, 4) is 0 Å². The number of amides is 1. The van der Waals surface area contributed by atoms with Crippen LogP contribution in [0.25, 0.3) is 11.0 Å². The van der Waals surface area contributed by atoms with Gasteiger partial charge in [0.25, 0.3) is 5.91 Å². The molecule has 0 saturated heterocycles. The number of fused-ring (bicyclic) bond motifs is 1. The molecule has 2 aromatic carbocycles. The zero-order valence-electron chi connectivity index (χ0n) is 18.6. The van der Waals surface area contributed by atoms with Gasteiger partial charge in [-0.05, 0) is 80.1 Å². The summed E-state index contributed by atoms with van der Waals surface area (Å²) in [7, 11) is 0. The summed E-state index contributed by atoms with van der Waals surface area (Å²) in [6.07, 6.45) is 4.07. The molecule has 0 spiro atoms. The first-order valence-electron chi connectivity index (χ1n) is 11.4. The Balaban J connectivity index is 1.61. The molecule has 1 aliphatic rings. The van der Waals surface area contributed by atoms with E-state index in [-0.39, 0.29) is 24.4 Å². The maximum absolute atomic E-state index is 13.3. The molecule has 1 aliphatic carbocycles. The average molecular weight is 439 g/mol. The molecule has 3 N–H and O–H groups in total. The number of aliphatic hydroxyl groups excluding tert-OH is 1. The highest BCUT2D eigenvalue weighted by Gasteiger charge is 2.26. The summed E-state index contributed by atoms with van der Waals surface area (Å²) in [6, 6.07) is 11.9. The van der Waals surface area contributed by atoms with Gasteiger partial charge < -0.3 is 15.0 Å². The quantitative estimate of drug-likeness (QED) is 0.502. The van der Waals surface area contributed by atoms with Crippen LogP contribution in [0.1, 0.15) is 61.5 Å². The molecule has 1 heterocycles. The highest BCUT2D eigenvalue weighted by atomic mass is 19.1. The summed E-state index contributed by atoms with van der Waals surface area (Å²) in [6.45, 7) is 5.39. The first-order chi connectivity index (χ1) is 15.4. The van der Waals surface area contributed by atoms with E-state index in [4.69, 9.17) is 0 Å². The standard InChI is InChI=1S/C25H31FN4O2/c1-16(2)14-27-20-8-10-21(11-9-20)30-23-13-17(15-31)3-12-22(23)28-25(30)29-24(32)18-4-6-19(26)7-5-18/h3-7,12-13,16,20-21,27,31H,8-11,14-15H2,1-2H3,(H,28,29,32). The Bertz CT molecular complexity index is 1070. The van der Waals surface area contributed by atoms with Gasteiger partial charge in [0.1, 0.15) is 5.82 Å². The zero-order valence-corrected chi connectivity index (χ0v) is 18.6. The lowest BCUT2D eigenvalue weighted by Crippen LogP contribution is -2.36. The number of nitrogens with one attached hydrogen (secondary N) is 2. The molecule has 0 atom stereocenters. The number of aliphatic hydroxyl groups is 1. The van der Waals surface area contributed by atoms with Gasteiger partial charge in [0, 0.05) is 17.6 Å². The molecule has 1 amide bonds. The first kappa shape index (κ1) is 22.4. The second kappa shape index (κ2) is 9.79. The summed E-state index contributed by atoms with van der Waals surface area (Å²) in [4.78, 5) is 17.5. The van der Waals surface area contributed by atoms with Gasteiger partial charge in [-0.15, -0.1) is 0 Å². The monoisotopic (exact) mass is 438 g/mol. The molecule has 32 heavy (non-hydrogen) atoms. The Labute approximate surface area is 187 Å². The average Bonchev–Trinajstić information content (AvgIpc) is 3.15.